The first-order valence-electron chi connectivity index (χ1n) is 6.75. The summed E-state index contributed by atoms with van der Waals surface area (Å²) in [4.78, 5) is 12.1. The number of nitrogens with one attached hydrogen (secondary N) is 1. The van der Waals surface area contributed by atoms with E-state index >= 15 is 0 Å². The van der Waals surface area contributed by atoms with Gasteiger partial charge in [0, 0.05) is 18.8 Å². The van der Waals surface area contributed by atoms with Crippen LogP contribution in [-0.2, 0) is 6.54 Å². The minimum absolute atomic E-state index is 0.140. The summed E-state index contributed by atoms with van der Waals surface area (Å²) < 4.78 is 1.69. The van der Waals surface area contributed by atoms with Crippen molar-refractivity contribution in [1.29, 1.82) is 0 Å². The van der Waals surface area contributed by atoms with Crippen LogP contribution in [0, 0.1) is 5.92 Å². The zero-order valence-corrected chi connectivity index (χ0v) is 11.1. The summed E-state index contributed by atoms with van der Waals surface area (Å²) in [6.07, 6.45) is 6.40. The van der Waals surface area contributed by atoms with Gasteiger partial charge in [-0.05, 0) is 25.7 Å². The molecule has 1 amide bonds. The van der Waals surface area contributed by atoms with Crippen LogP contribution in [0.25, 0.3) is 0 Å². The maximum absolute atomic E-state index is 12.1. The minimum atomic E-state index is -0.140. The summed E-state index contributed by atoms with van der Waals surface area (Å²) in [6.45, 7) is 4.88. The Morgan fingerprint density at radius 3 is 2.89 bits per heavy atom. The molecule has 2 unspecified atom stereocenters. The van der Waals surface area contributed by atoms with E-state index in [0.29, 0.717) is 17.3 Å². The van der Waals surface area contributed by atoms with Crippen molar-refractivity contribution in [1.82, 2.24) is 15.1 Å². The number of hydrogen-bond donors (Lipinski definition) is 2. The summed E-state index contributed by atoms with van der Waals surface area (Å²) in [5.41, 5.74) is 6.63. The van der Waals surface area contributed by atoms with Crippen molar-refractivity contribution in [3.63, 3.8) is 0 Å². The maximum atomic E-state index is 12.1. The molecule has 1 aromatic rings. The topological polar surface area (TPSA) is 72.9 Å². The largest absolute Gasteiger partial charge is 0.396 e. The lowest BCUT2D eigenvalue weighted by atomic mass is 9.86. The number of carbonyl (C=O) groups excluding carboxylic acids is 1. The number of amides is 1. The summed E-state index contributed by atoms with van der Waals surface area (Å²) >= 11 is 0. The first-order chi connectivity index (χ1) is 8.61. The molecular weight excluding hydrogens is 228 g/mol. The molecule has 1 aromatic heterocycles. The van der Waals surface area contributed by atoms with Gasteiger partial charge in [0.05, 0.1) is 5.69 Å². The molecule has 1 saturated carbocycles. The monoisotopic (exact) mass is 250 g/mol. The average Bonchev–Trinajstić information content (AvgIpc) is 2.73. The number of rotatable bonds is 3. The Hall–Kier alpha value is -1.52. The van der Waals surface area contributed by atoms with E-state index < -0.39 is 0 Å². The second-order valence-corrected chi connectivity index (χ2v) is 5.13. The van der Waals surface area contributed by atoms with Crippen LogP contribution in [0.1, 0.15) is 50.0 Å². The lowest BCUT2D eigenvalue weighted by molar-refractivity contribution is 0.0905. The van der Waals surface area contributed by atoms with E-state index in [-0.39, 0.29) is 11.9 Å². The predicted molar refractivity (Wildman–Crippen MR) is 71.2 cm³/mol. The van der Waals surface area contributed by atoms with E-state index in [1.165, 1.54) is 19.3 Å². The molecule has 0 saturated heterocycles. The van der Waals surface area contributed by atoms with Gasteiger partial charge >= 0.3 is 0 Å². The van der Waals surface area contributed by atoms with Crippen molar-refractivity contribution in [3.05, 3.63) is 11.9 Å². The summed E-state index contributed by atoms with van der Waals surface area (Å²) in [5, 5.41) is 7.27. The number of nitrogen functional groups attached to an aromatic ring is 1. The second kappa shape index (κ2) is 5.42. The molecule has 0 aromatic carbocycles. The molecule has 1 aliphatic carbocycles. The number of aryl methyl sites for hydroxylation is 1. The third-order valence-electron chi connectivity index (χ3n) is 3.76. The molecule has 5 heteroatoms. The quantitative estimate of drug-likeness (QED) is 0.859. The minimum Gasteiger partial charge on any atom is -0.396 e. The molecule has 1 fully saturated rings. The Balaban J connectivity index is 2.04. The number of nitrogens with zero attached hydrogens (tertiary/aromatic N) is 2. The van der Waals surface area contributed by atoms with Crippen molar-refractivity contribution < 1.29 is 4.79 Å². The summed E-state index contributed by atoms with van der Waals surface area (Å²) in [7, 11) is 0. The zero-order valence-electron chi connectivity index (χ0n) is 11.1. The van der Waals surface area contributed by atoms with Gasteiger partial charge in [-0.25, -0.2) is 0 Å². The number of anilines is 1. The van der Waals surface area contributed by atoms with E-state index in [2.05, 4.69) is 17.3 Å². The molecule has 100 valence electrons. The van der Waals surface area contributed by atoms with Crippen molar-refractivity contribution >= 4 is 11.6 Å². The molecule has 0 aliphatic heterocycles. The van der Waals surface area contributed by atoms with Crippen molar-refractivity contribution in [2.75, 3.05) is 5.73 Å². The highest BCUT2D eigenvalue weighted by Gasteiger charge is 2.25. The number of carbonyl (C=O) groups is 1. The van der Waals surface area contributed by atoms with Gasteiger partial charge in [0.2, 0.25) is 0 Å². The lowest BCUT2D eigenvalue weighted by Gasteiger charge is -2.29. The molecule has 0 spiro atoms. The smallest absolute Gasteiger partial charge is 0.274 e. The van der Waals surface area contributed by atoms with Crippen LogP contribution in [0.15, 0.2) is 6.20 Å². The summed E-state index contributed by atoms with van der Waals surface area (Å²) in [6, 6.07) is 0.262. The van der Waals surface area contributed by atoms with Crippen molar-refractivity contribution in [2.45, 2.75) is 52.1 Å². The zero-order chi connectivity index (χ0) is 13.1. The highest BCUT2D eigenvalue weighted by Crippen LogP contribution is 2.24. The first-order valence-corrected chi connectivity index (χ1v) is 6.75. The predicted octanol–water partition coefficient (Wildman–Crippen LogP) is 1.79. The Labute approximate surface area is 108 Å². The van der Waals surface area contributed by atoms with Crippen LogP contribution < -0.4 is 11.1 Å². The van der Waals surface area contributed by atoms with E-state index in [9.17, 15) is 4.79 Å². The highest BCUT2D eigenvalue weighted by atomic mass is 16.2. The van der Waals surface area contributed by atoms with Gasteiger partial charge in [-0.1, -0.05) is 19.8 Å². The second-order valence-electron chi connectivity index (χ2n) is 5.13. The van der Waals surface area contributed by atoms with Crippen molar-refractivity contribution in [3.8, 4) is 0 Å². The standard InChI is InChI=1S/C13H22N4O/c1-3-17-8-10(14)12(16-17)13(18)15-11-7-5-4-6-9(11)2/h8-9,11H,3-7,14H2,1-2H3,(H,15,18). The maximum Gasteiger partial charge on any atom is 0.274 e. The SMILES string of the molecule is CCn1cc(N)c(C(=O)NC2CCCCC2C)n1. The van der Waals surface area contributed by atoms with Crippen LogP contribution in [0.2, 0.25) is 0 Å². The highest BCUT2D eigenvalue weighted by molar-refractivity contribution is 5.97. The Morgan fingerprint density at radius 2 is 2.28 bits per heavy atom. The van der Waals surface area contributed by atoms with Gasteiger partial charge in [-0.3, -0.25) is 9.48 Å². The fourth-order valence-corrected chi connectivity index (χ4v) is 2.54. The van der Waals surface area contributed by atoms with Gasteiger partial charge in [-0.2, -0.15) is 5.10 Å². The van der Waals surface area contributed by atoms with Crippen LogP contribution in [0.4, 0.5) is 5.69 Å². The molecule has 18 heavy (non-hydrogen) atoms. The molecule has 5 nitrogen and oxygen atoms in total. The van der Waals surface area contributed by atoms with Crippen LogP contribution in [0.5, 0.6) is 0 Å². The molecule has 1 heterocycles. The van der Waals surface area contributed by atoms with Gasteiger partial charge in [0.25, 0.3) is 5.91 Å². The van der Waals surface area contributed by atoms with E-state index in [0.717, 1.165) is 13.0 Å². The number of hydrogen-bond acceptors (Lipinski definition) is 3. The molecule has 3 N–H and O–H groups in total. The number of aromatic nitrogens is 2. The van der Waals surface area contributed by atoms with E-state index in [1.54, 1.807) is 10.9 Å². The number of nitrogens with two attached hydrogens (primary N) is 1. The van der Waals surface area contributed by atoms with Crippen LogP contribution in [0.3, 0.4) is 0 Å². The molecule has 0 radical (unpaired) electrons. The van der Waals surface area contributed by atoms with E-state index in [4.69, 9.17) is 5.73 Å². The van der Waals surface area contributed by atoms with Crippen LogP contribution >= 0.6 is 0 Å². The fraction of sp³-hybridized carbons (Fsp3) is 0.692. The Morgan fingerprint density at radius 1 is 1.56 bits per heavy atom. The van der Waals surface area contributed by atoms with Gasteiger partial charge in [0.15, 0.2) is 5.69 Å². The first kappa shape index (κ1) is 12.9. The van der Waals surface area contributed by atoms with Crippen LogP contribution in [-0.4, -0.2) is 21.7 Å². The van der Waals surface area contributed by atoms with Gasteiger partial charge in [0.1, 0.15) is 0 Å². The molecule has 0 bridgehead atoms. The Kier molecular flexibility index (Phi) is 3.89. The molecule has 2 rings (SSSR count). The van der Waals surface area contributed by atoms with Gasteiger partial charge < -0.3 is 11.1 Å². The average molecular weight is 250 g/mol. The summed E-state index contributed by atoms with van der Waals surface area (Å²) in [5.74, 6) is 0.399. The molecular formula is C13H22N4O. The molecule has 1 aliphatic rings. The molecule has 2 atom stereocenters. The normalized spacial score (nSPS) is 23.9. The third kappa shape index (κ3) is 2.66. The van der Waals surface area contributed by atoms with Crippen molar-refractivity contribution in [2.24, 2.45) is 5.92 Å². The van der Waals surface area contributed by atoms with E-state index in [1.807, 2.05) is 6.92 Å². The fourth-order valence-electron chi connectivity index (χ4n) is 2.54. The third-order valence-corrected chi connectivity index (χ3v) is 3.76. The lowest BCUT2D eigenvalue weighted by Crippen LogP contribution is -2.41. The van der Waals surface area contributed by atoms with Gasteiger partial charge in [-0.15, -0.1) is 0 Å². The Bertz CT molecular complexity index is 427.